The van der Waals surface area contributed by atoms with Crippen LogP contribution in [0.1, 0.15) is 33.5 Å². The van der Waals surface area contributed by atoms with Crippen LogP contribution in [0.15, 0.2) is 102 Å². The Hall–Kier alpha value is -3.68. The molecule has 212 valence electrons. The molecular weight excluding hydrogens is 549 g/mol. The number of aryl methyl sites for hydroxylation is 1. The van der Waals surface area contributed by atoms with E-state index in [1.807, 2.05) is 55.6 Å². The summed E-state index contributed by atoms with van der Waals surface area (Å²) in [5.74, 6) is -0.752. The third-order valence-electron chi connectivity index (χ3n) is 6.99. The summed E-state index contributed by atoms with van der Waals surface area (Å²) in [6.07, 6.45) is 4.37. The molecule has 0 heterocycles. The maximum Gasteiger partial charge on any atom is 0.326 e. The first-order valence-corrected chi connectivity index (χ1v) is 16.2. The van der Waals surface area contributed by atoms with E-state index in [1.54, 1.807) is 23.5 Å². The van der Waals surface area contributed by atoms with Crippen molar-refractivity contribution in [1.29, 1.82) is 0 Å². The Morgan fingerprint density at radius 2 is 1.56 bits per heavy atom. The number of anilines is 1. The Morgan fingerprint density at radius 1 is 0.829 bits per heavy atom. The van der Waals surface area contributed by atoms with Crippen molar-refractivity contribution in [2.45, 2.75) is 37.4 Å². The maximum atomic E-state index is 13.5. The summed E-state index contributed by atoms with van der Waals surface area (Å²) in [5.41, 5.74) is 6.66. The summed E-state index contributed by atoms with van der Waals surface area (Å²) in [4.78, 5) is 28.9. The third-order valence-corrected chi connectivity index (χ3v) is 8.36. The predicted octanol–water partition coefficient (Wildman–Crippen LogP) is 7.53. The Kier molecular flexibility index (Phi) is 10.9. The van der Waals surface area contributed by atoms with Crippen molar-refractivity contribution in [1.82, 2.24) is 5.32 Å². The van der Waals surface area contributed by atoms with Gasteiger partial charge in [-0.3, -0.25) is 4.79 Å². The Morgan fingerprint density at radius 3 is 2.27 bits per heavy atom. The number of nitrogens with one attached hydrogen (secondary N) is 1. The SMILES string of the molecule is CSCC[C@H](NC(=O)c1ccc(CN(Cc2ccccc2)c2cccc(SC)c2)cc1-c1ccccc1C)C(=O)O. The lowest BCUT2D eigenvalue weighted by molar-refractivity contribution is -0.139. The second kappa shape index (κ2) is 14.8. The fraction of sp³-hybridized carbons (Fsp3) is 0.235. The van der Waals surface area contributed by atoms with Gasteiger partial charge in [0.2, 0.25) is 0 Å². The molecule has 1 amide bonds. The van der Waals surface area contributed by atoms with Gasteiger partial charge in [0.15, 0.2) is 0 Å². The average molecular weight is 585 g/mol. The van der Waals surface area contributed by atoms with Crippen LogP contribution in [0, 0.1) is 6.92 Å². The monoisotopic (exact) mass is 584 g/mol. The normalized spacial score (nSPS) is 11.6. The van der Waals surface area contributed by atoms with Crippen molar-refractivity contribution in [2.75, 3.05) is 23.2 Å². The van der Waals surface area contributed by atoms with Gasteiger partial charge in [-0.1, -0.05) is 66.7 Å². The van der Waals surface area contributed by atoms with E-state index >= 15 is 0 Å². The first-order valence-electron chi connectivity index (χ1n) is 13.5. The molecule has 0 aromatic heterocycles. The van der Waals surface area contributed by atoms with Crippen LogP contribution in [0.3, 0.4) is 0 Å². The number of hydrogen-bond donors (Lipinski definition) is 2. The van der Waals surface area contributed by atoms with Gasteiger partial charge < -0.3 is 15.3 Å². The minimum Gasteiger partial charge on any atom is -0.480 e. The van der Waals surface area contributed by atoms with Gasteiger partial charge in [0.1, 0.15) is 6.04 Å². The number of hydrogen-bond acceptors (Lipinski definition) is 5. The van der Waals surface area contributed by atoms with Gasteiger partial charge in [-0.15, -0.1) is 11.8 Å². The highest BCUT2D eigenvalue weighted by Gasteiger charge is 2.23. The van der Waals surface area contributed by atoms with Gasteiger partial charge in [-0.05, 0) is 89.8 Å². The number of carbonyl (C=O) groups is 2. The molecule has 4 rings (SSSR count). The fourth-order valence-corrected chi connectivity index (χ4v) is 5.71. The number of rotatable bonds is 13. The molecule has 0 saturated heterocycles. The van der Waals surface area contributed by atoms with Crippen molar-refractivity contribution in [3.63, 3.8) is 0 Å². The average Bonchev–Trinajstić information content (AvgIpc) is 2.99. The molecule has 2 N–H and O–H groups in total. The van der Waals surface area contributed by atoms with Gasteiger partial charge in [0.05, 0.1) is 0 Å². The highest BCUT2D eigenvalue weighted by molar-refractivity contribution is 7.98. The minimum atomic E-state index is -1.02. The lowest BCUT2D eigenvalue weighted by Crippen LogP contribution is -2.41. The predicted molar refractivity (Wildman–Crippen MR) is 173 cm³/mol. The minimum absolute atomic E-state index is 0.365. The molecule has 4 aromatic carbocycles. The summed E-state index contributed by atoms with van der Waals surface area (Å²) < 4.78 is 0. The number of carboxylic acids is 1. The van der Waals surface area contributed by atoms with Crippen LogP contribution in [0.5, 0.6) is 0 Å². The zero-order valence-corrected chi connectivity index (χ0v) is 25.3. The van der Waals surface area contributed by atoms with Gasteiger partial charge in [-0.25, -0.2) is 4.79 Å². The molecule has 5 nitrogen and oxygen atoms in total. The molecular formula is C34H36N2O3S2. The lowest BCUT2D eigenvalue weighted by atomic mass is 9.93. The van der Waals surface area contributed by atoms with Crippen LogP contribution in [0.2, 0.25) is 0 Å². The van der Waals surface area contributed by atoms with Crippen LogP contribution < -0.4 is 10.2 Å². The molecule has 0 saturated carbocycles. The fourth-order valence-electron chi connectivity index (χ4n) is 4.78. The molecule has 1 atom stereocenters. The highest BCUT2D eigenvalue weighted by Crippen LogP contribution is 2.31. The second-order valence-electron chi connectivity index (χ2n) is 9.88. The zero-order valence-electron chi connectivity index (χ0n) is 23.7. The number of nitrogens with zero attached hydrogens (tertiary/aromatic N) is 1. The summed E-state index contributed by atoms with van der Waals surface area (Å²) in [6, 6.07) is 31.9. The van der Waals surface area contributed by atoms with E-state index in [9.17, 15) is 14.7 Å². The van der Waals surface area contributed by atoms with Gasteiger partial charge in [-0.2, -0.15) is 11.8 Å². The third kappa shape index (κ3) is 8.18. The number of amides is 1. The zero-order chi connectivity index (χ0) is 29.2. The Bertz CT molecular complexity index is 1480. The van der Waals surface area contributed by atoms with E-state index in [0.29, 0.717) is 24.3 Å². The van der Waals surface area contributed by atoms with E-state index in [4.69, 9.17) is 0 Å². The summed E-state index contributed by atoms with van der Waals surface area (Å²) >= 11 is 3.28. The van der Waals surface area contributed by atoms with E-state index in [1.165, 1.54) is 10.5 Å². The molecule has 4 aromatic rings. The molecule has 7 heteroatoms. The molecule has 0 radical (unpaired) electrons. The second-order valence-corrected chi connectivity index (χ2v) is 11.7. The molecule has 0 bridgehead atoms. The topological polar surface area (TPSA) is 69.6 Å². The largest absolute Gasteiger partial charge is 0.480 e. The summed E-state index contributed by atoms with van der Waals surface area (Å²) in [7, 11) is 0. The van der Waals surface area contributed by atoms with Crippen molar-refractivity contribution in [3.05, 3.63) is 119 Å². The highest BCUT2D eigenvalue weighted by atomic mass is 32.2. The van der Waals surface area contributed by atoms with E-state index < -0.39 is 12.0 Å². The van der Waals surface area contributed by atoms with Crippen LogP contribution in [-0.4, -0.2) is 41.3 Å². The quantitative estimate of drug-likeness (QED) is 0.158. The molecule has 0 aliphatic carbocycles. The molecule has 41 heavy (non-hydrogen) atoms. The number of carbonyl (C=O) groups excluding carboxylic acids is 1. The number of thioether (sulfide) groups is 2. The Labute approximate surface area is 251 Å². The van der Waals surface area contributed by atoms with Crippen LogP contribution in [0.4, 0.5) is 5.69 Å². The molecule has 0 fully saturated rings. The van der Waals surface area contributed by atoms with E-state index in [-0.39, 0.29) is 5.91 Å². The van der Waals surface area contributed by atoms with Crippen molar-refractivity contribution >= 4 is 41.1 Å². The van der Waals surface area contributed by atoms with Crippen LogP contribution >= 0.6 is 23.5 Å². The summed E-state index contributed by atoms with van der Waals surface area (Å²) in [5, 5.41) is 12.5. The van der Waals surface area contributed by atoms with Gasteiger partial charge in [0, 0.05) is 29.2 Å². The standard InChI is InChI=1S/C34H36N2O3S2/c1-24-10-7-8-15-29(24)31-20-26(16-17-30(31)33(37)35-32(34(38)39)18-19-40-2)23-36(22-25-11-5-4-6-12-25)27-13-9-14-28(21-27)41-3/h4-17,20-21,32H,18-19,22-23H2,1-3H3,(H,35,37)(H,38,39)/t32-/m0/s1. The first kappa shape index (κ1) is 30.3. The van der Waals surface area contributed by atoms with Crippen molar-refractivity contribution in [3.8, 4) is 11.1 Å². The molecule has 0 aliphatic rings. The van der Waals surface area contributed by atoms with E-state index in [2.05, 4.69) is 71.1 Å². The number of carboxylic acid groups (broad SMARTS) is 1. The van der Waals surface area contributed by atoms with Gasteiger partial charge in [0.25, 0.3) is 5.91 Å². The maximum absolute atomic E-state index is 13.5. The lowest BCUT2D eigenvalue weighted by Gasteiger charge is -2.26. The molecule has 0 unspecified atom stereocenters. The number of benzene rings is 4. The summed E-state index contributed by atoms with van der Waals surface area (Å²) in [6.45, 7) is 3.40. The first-order chi connectivity index (χ1) is 19.9. The van der Waals surface area contributed by atoms with Gasteiger partial charge >= 0.3 is 5.97 Å². The molecule has 0 aliphatic heterocycles. The molecule has 0 spiro atoms. The van der Waals surface area contributed by atoms with Crippen molar-refractivity contribution in [2.24, 2.45) is 0 Å². The van der Waals surface area contributed by atoms with Crippen LogP contribution in [-0.2, 0) is 17.9 Å². The number of aliphatic carboxylic acids is 1. The van der Waals surface area contributed by atoms with Crippen molar-refractivity contribution < 1.29 is 14.7 Å². The Balaban J connectivity index is 1.72. The van der Waals surface area contributed by atoms with Crippen LogP contribution in [0.25, 0.3) is 11.1 Å². The smallest absolute Gasteiger partial charge is 0.326 e. The van der Waals surface area contributed by atoms with E-state index in [0.717, 1.165) is 34.5 Å².